The first-order valence-corrected chi connectivity index (χ1v) is 11.7. The average molecular weight is 563 g/mol. The van der Waals surface area contributed by atoms with E-state index in [0.29, 0.717) is 13.1 Å². The smallest absolute Gasteiger partial charge is 0.396 e. The number of aliphatic hydroxyl groups is 1. The molecule has 186 valence electrons. The van der Waals surface area contributed by atoms with E-state index in [1.165, 1.54) is 0 Å². The third-order valence-corrected chi connectivity index (χ3v) is 5.33. The van der Waals surface area contributed by atoms with Gasteiger partial charge in [-0.1, -0.05) is 12.8 Å². The fourth-order valence-corrected chi connectivity index (χ4v) is 3.55. The van der Waals surface area contributed by atoms with Crippen LogP contribution in [0.4, 0.5) is 0 Å². The molecule has 0 aromatic carbocycles. The van der Waals surface area contributed by atoms with Crippen molar-refractivity contribution in [2.24, 2.45) is 0 Å². The van der Waals surface area contributed by atoms with Gasteiger partial charge in [0, 0.05) is 31.5 Å². The molecular weight excluding hydrogens is 530 g/mol. The topological polar surface area (TPSA) is 71.1 Å². The molecule has 0 aliphatic heterocycles. The second kappa shape index (κ2) is 24.0. The van der Waals surface area contributed by atoms with Crippen molar-refractivity contribution < 1.29 is 39.2 Å². The molecule has 36 heavy (non-hydrogen) atoms. The van der Waals surface area contributed by atoms with Gasteiger partial charge in [0.15, 0.2) is 0 Å². The molecule has 20 radical (unpaired) electrons. The van der Waals surface area contributed by atoms with E-state index in [9.17, 15) is 10.5 Å². The van der Waals surface area contributed by atoms with Crippen LogP contribution in [-0.4, -0.2) is 36.2 Å². The Hall–Kier alpha value is -0.0610. The summed E-state index contributed by atoms with van der Waals surface area (Å²) in [6.45, 7) is 2.59. The summed E-state index contributed by atoms with van der Waals surface area (Å²) in [4.78, 5) is 2.30. The van der Waals surface area contributed by atoms with Gasteiger partial charge in [-0.05, 0) is 122 Å². The van der Waals surface area contributed by atoms with E-state index in [0.717, 1.165) is 55.9 Å². The summed E-state index contributed by atoms with van der Waals surface area (Å²) < 4.78 is 0. The van der Waals surface area contributed by atoms with Gasteiger partial charge in [-0.15, -0.1) is 0 Å². The Labute approximate surface area is 244 Å². The number of unbranched alkanes of at least 4 members (excludes halogenated alkanes) is 3. The van der Waals surface area contributed by atoms with Crippen molar-refractivity contribution in [2.45, 2.75) is 25.7 Å². The van der Waals surface area contributed by atoms with Crippen LogP contribution in [0.1, 0.15) is 25.7 Å². The van der Waals surface area contributed by atoms with Gasteiger partial charge in [-0.3, -0.25) is 0 Å². The first-order valence-electron chi connectivity index (χ1n) is 11.7. The molecule has 4 saturated carbocycles. The van der Waals surface area contributed by atoms with Crippen molar-refractivity contribution in [1.82, 2.24) is 4.90 Å². The molecule has 4 fully saturated rings. The van der Waals surface area contributed by atoms with Gasteiger partial charge in [-0.2, -0.15) is 10.5 Å². The van der Waals surface area contributed by atoms with Crippen LogP contribution in [0.2, 0.25) is 0 Å². The van der Waals surface area contributed by atoms with Gasteiger partial charge in [0.1, 0.15) is 0 Å². The molecule has 0 amide bonds. The minimum atomic E-state index is 0. The third-order valence-electron chi connectivity index (χ3n) is 5.33. The third kappa shape index (κ3) is 15.4. The van der Waals surface area contributed by atoms with Crippen LogP contribution < -0.4 is 0 Å². The summed E-state index contributed by atoms with van der Waals surface area (Å²) in [6, 6.07) is 4.48. The zero-order valence-corrected chi connectivity index (χ0v) is 22.6. The van der Waals surface area contributed by atoms with Crippen LogP contribution in [0.5, 0.6) is 0 Å². The minimum Gasteiger partial charge on any atom is -0.396 e. The van der Waals surface area contributed by atoms with Crippen LogP contribution in [0.3, 0.4) is 0 Å². The van der Waals surface area contributed by atoms with E-state index >= 15 is 0 Å². The maximum Gasteiger partial charge on any atom is 2.00 e. The van der Waals surface area contributed by atoms with Gasteiger partial charge >= 0.3 is 34.1 Å². The van der Waals surface area contributed by atoms with Crippen molar-refractivity contribution >= 4 is 0 Å². The van der Waals surface area contributed by atoms with E-state index in [2.05, 4.69) is 17.0 Å². The number of aliphatic hydroxyl groups excluding tert-OH is 1. The van der Waals surface area contributed by atoms with Gasteiger partial charge in [0.25, 0.3) is 0 Å². The number of hydrogen-bond acceptors (Lipinski definition) is 4. The van der Waals surface area contributed by atoms with Crippen molar-refractivity contribution in [2.75, 3.05) is 26.2 Å². The predicted octanol–water partition coefficient (Wildman–Crippen LogP) is 4.48. The van der Waals surface area contributed by atoms with Gasteiger partial charge in [0.05, 0.1) is 24.0 Å². The van der Waals surface area contributed by atoms with Gasteiger partial charge in [0.2, 0.25) is 0 Å². The SMILES string of the molecule is N#C[C]1[CH][CH][CH][C]1CN(CCCCCCO)C[C]1[CH][CH][CH][C]1C#N.[CH]1[CH][CH][CH][CH]1.[CH]1[CH][CH][CH][CH]1.[Fe+2].[Fe+2]. The van der Waals surface area contributed by atoms with E-state index in [1.54, 1.807) is 0 Å². The number of hydrogen-bond donors (Lipinski definition) is 1. The van der Waals surface area contributed by atoms with Gasteiger partial charge < -0.3 is 10.0 Å². The molecule has 1 N–H and O–H groups in total. The second-order valence-electron chi connectivity index (χ2n) is 7.93. The molecule has 6 heteroatoms. The Kier molecular flexibility index (Phi) is 24.0. The van der Waals surface area contributed by atoms with E-state index < -0.39 is 0 Å². The Morgan fingerprint density at radius 3 is 1.31 bits per heavy atom. The molecule has 0 aromatic heterocycles. The normalized spacial score (nSPS) is 20.4. The summed E-state index contributed by atoms with van der Waals surface area (Å²) in [5, 5.41) is 27.3. The summed E-state index contributed by atoms with van der Waals surface area (Å²) in [6.07, 6.45) is 35.5. The van der Waals surface area contributed by atoms with Crippen LogP contribution in [-0.2, 0) is 34.1 Å². The molecule has 0 unspecified atom stereocenters. The molecule has 0 aromatic rings. The van der Waals surface area contributed by atoms with E-state index in [1.807, 2.05) is 103 Å². The fourth-order valence-electron chi connectivity index (χ4n) is 3.55. The molecule has 4 aliphatic carbocycles. The monoisotopic (exact) mass is 563 g/mol. The Morgan fingerprint density at radius 1 is 0.556 bits per heavy atom. The van der Waals surface area contributed by atoms with E-state index in [-0.39, 0.29) is 40.7 Å². The standard InChI is InChI=1S/C20H23N3O.2C5H5.2Fe/c21-13-17-7-5-9-19(17)15-23(11-3-1-2-4-12-24)16-20-10-6-8-18(20)14-22;2*1-2-4-5-3-1;;/h5-10,24H,1-4,11-12,15-16H2;2*1-5H;;/q;;;2*+2. The molecular formula is C30H33Fe2N3O+4. The summed E-state index contributed by atoms with van der Waals surface area (Å²) in [5.74, 6) is 3.53. The minimum absolute atomic E-state index is 0. The Balaban J connectivity index is 0.000000842. The summed E-state index contributed by atoms with van der Waals surface area (Å²) in [5.41, 5.74) is 0. The number of rotatable bonds is 10. The fraction of sp³-hybridized carbons (Fsp3) is 0.267. The quantitative estimate of drug-likeness (QED) is 0.315. The maximum atomic E-state index is 9.20. The summed E-state index contributed by atoms with van der Waals surface area (Å²) in [7, 11) is 0. The first-order chi connectivity index (χ1) is 16.8. The second-order valence-corrected chi connectivity index (χ2v) is 7.93. The van der Waals surface area contributed by atoms with Crippen LogP contribution in [0.25, 0.3) is 0 Å². The molecule has 0 saturated heterocycles. The molecule has 0 heterocycles. The van der Waals surface area contributed by atoms with E-state index in [4.69, 9.17) is 5.11 Å². The zero-order valence-electron chi connectivity index (χ0n) is 20.4. The molecule has 4 nitrogen and oxygen atoms in total. The molecule has 4 aliphatic rings. The number of nitriles is 2. The van der Waals surface area contributed by atoms with Crippen molar-refractivity contribution in [3.63, 3.8) is 0 Å². The van der Waals surface area contributed by atoms with Crippen molar-refractivity contribution in [1.29, 1.82) is 10.5 Å². The first kappa shape index (κ1) is 35.9. The zero-order chi connectivity index (χ0) is 24.3. The molecule has 0 atom stereocenters. The summed E-state index contributed by atoms with van der Waals surface area (Å²) >= 11 is 0. The van der Waals surface area contributed by atoms with Crippen LogP contribution >= 0.6 is 0 Å². The Morgan fingerprint density at radius 2 is 0.944 bits per heavy atom. The van der Waals surface area contributed by atoms with Crippen LogP contribution in [0.15, 0.2) is 0 Å². The average Bonchev–Trinajstić information content (AvgIpc) is 3.68. The molecule has 0 spiro atoms. The molecule has 4 rings (SSSR count). The predicted molar refractivity (Wildman–Crippen MR) is 135 cm³/mol. The van der Waals surface area contributed by atoms with Crippen LogP contribution in [0, 0.1) is 149 Å². The largest absolute Gasteiger partial charge is 2.00 e. The molecule has 0 bridgehead atoms. The van der Waals surface area contributed by atoms with Gasteiger partial charge in [-0.25, -0.2) is 0 Å². The maximum absolute atomic E-state index is 9.20. The number of nitrogens with zero attached hydrogens (tertiary/aromatic N) is 3. The van der Waals surface area contributed by atoms with Crippen molar-refractivity contribution in [3.05, 3.63) is 126 Å². The Bertz CT molecular complexity index is 525. The van der Waals surface area contributed by atoms with Crippen molar-refractivity contribution in [3.8, 4) is 12.1 Å².